The second kappa shape index (κ2) is 6.99. The van der Waals surface area contributed by atoms with Gasteiger partial charge in [0.15, 0.2) is 0 Å². The smallest absolute Gasteiger partial charge is 0.226 e. The van der Waals surface area contributed by atoms with Crippen molar-refractivity contribution in [1.29, 1.82) is 0 Å². The van der Waals surface area contributed by atoms with Crippen LogP contribution >= 0.6 is 0 Å². The fourth-order valence-electron chi connectivity index (χ4n) is 4.15. The van der Waals surface area contributed by atoms with Crippen LogP contribution in [0.2, 0.25) is 0 Å². The van der Waals surface area contributed by atoms with Gasteiger partial charge in [0, 0.05) is 35.6 Å². The molecule has 0 radical (unpaired) electrons. The molecule has 134 valence electrons. The molecule has 1 unspecified atom stereocenters. The van der Waals surface area contributed by atoms with Crippen LogP contribution in [-0.2, 0) is 24.2 Å². The fraction of sp³-hybridized carbons (Fsp3) is 0.348. The number of fused-ring (bicyclic) bond motifs is 3. The summed E-state index contributed by atoms with van der Waals surface area (Å²) in [6, 6.07) is 16.8. The van der Waals surface area contributed by atoms with E-state index >= 15 is 0 Å². The van der Waals surface area contributed by atoms with Crippen LogP contribution in [0.25, 0.3) is 10.9 Å². The first-order chi connectivity index (χ1) is 12.7. The van der Waals surface area contributed by atoms with Gasteiger partial charge in [-0.15, -0.1) is 0 Å². The molecular formula is C23H26N2O. The Morgan fingerprint density at radius 3 is 2.77 bits per heavy atom. The summed E-state index contributed by atoms with van der Waals surface area (Å²) in [4.78, 5) is 18.8. The number of hydrogen-bond donors (Lipinski definition) is 1. The van der Waals surface area contributed by atoms with Crippen molar-refractivity contribution in [3.8, 4) is 0 Å². The predicted octanol–water partition coefficient (Wildman–Crippen LogP) is 4.63. The third-order valence-electron chi connectivity index (χ3n) is 5.60. The maximum Gasteiger partial charge on any atom is 0.226 e. The first-order valence-electron chi connectivity index (χ1n) is 9.58. The number of carbonyl (C=O) groups is 1. The van der Waals surface area contributed by atoms with Crippen molar-refractivity contribution in [2.45, 2.75) is 39.7 Å². The van der Waals surface area contributed by atoms with E-state index in [4.69, 9.17) is 0 Å². The van der Waals surface area contributed by atoms with Crippen molar-refractivity contribution in [3.05, 3.63) is 70.9 Å². The second-order valence-electron chi connectivity index (χ2n) is 7.41. The fourth-order valence-corrected chi connectivity index (χ4v) is 4.15. The monoisotopic (exact) mass is 346 g/mol. The number of aryl methyl sites for hydroxylation is 2. The van der Waals surface area contributed by atoms with Gasteiger partial charge < -0.3 is 9.88 Å². The summed E-state index contributed by atoms with van der Waals surface area (Å²) in [6.07, 6.45) is 2.74. The zero-order valence-corrected chi connectivity index (χ0v) is 15.6. The molecule has 0 saturated heterocycles. The molecule has 0 saturated carbocycles. The number of aromatic amines is 1. The van der Waals surface area contributed by atoms with Crippen LogP contribution in [0.3, 0.4) is 0 Å². The molecule has 1 heterocycles. The normalized spacial score (nSPS) is 16.5. The molecule has 1 amide bonds. The highest BCUT2D eigenvalue weighted by atomic mass is 16.2. The SMILES string of the molecule is CCN(Cc1ccccc1)C(=O)C1CCc2[nH]c3ccc(C)cc3c2C1. The minimum atomic E-state index is 0.0886. The highest BCUT2D eigenvalue weighted by Gasteiger charge is 2.30. The molecular weight excluding hydrogens is 320 g/mol. The summed E-state index contributed by atoms with van der Waals surface area (Å²) < 4.78 is 0. The number of carbonyl (C=O) groups excluding carboxylic acids is 1. The number of benzene rings is 2. The molecule has 26 heavy (non-hydrogen) atoms. The van der Waals surface area contributed by atoms with Crippen molar-refractivity contribution in [2.75, 3.05) is 6.54 Å². The molecule has 3 nitrogen and oxygen atoms in total. The van der Waals surface area contributed by atoms with E-state index in [1.165, 1.54) is 33.3 Å². The molecule has 0 spiro atoms. The van der Waals surface area contributed by atoms with Crippen LogP contribution in [0, 0.1) is 12.8 Å². The minimum absolute atomic E-state index is 0.0886. The Kier molecular flexibility index (Phi) is 4.54. The first-order valence-corrected chi connectivity index (χ1v) is 9.58. The van der Waals surface area contributed by atoms with Gasteiger partial charge in [0.25, 0.3) is 0 Å². The van der Waals surface area contributed by atoms with Gasteiger partial charge in [-0.25, -0.2) is 0 Å². The maximum atomic E-state index is 13.2. The molecule has 1 aliphatic carbocycles. The van der Waals surface area contributed by atoms with Gasteiger partial charge in [-0.1, -0.05) is 42.0 Å². The quantitative estimate of drug-likeness (QED) is 0.734. The maximum absolute atomic E-state index is 13.2. The van der Waals surface area contributed by atoms with E-state index in [0.717, 1.165) is 25.8 Å². The Morgan fingerprint density at radius 2 is 2.00 bits per heavy atom. The van der Waals surface area contributed by atoms with Crippen molar-refractivity contribution >= 4 is 16.8 Å². The van der Waals surface area contributed by atoms with Gasteiger partial charge in [-0.2, -0.15) is 0 Å². The lowest BCUT2D eigenvalue weighted by Crippen LogP contribution is -2.37. The molecule has 0 bridgehead atoms. The van der Waals surface area contributed by atoms with Gasteiger partial charge in [0.2, 0.25) is 5.91 Å². The lowest BCUT2D eigenvalue weighted by Gasteiger charge is -2.29. The molecule has 3 aromatic rings. The summed E-state index contributed by atoms with van der Waals surface area (Å²) in [6.45, 7) is 5.66. The van der Waals surface area contributed by atoms with Crippen molar-refractivity contribution in [3.63, 3.8) is 0 Å². The number of hydrogen-bond acceptors (Lipinski definition) is 1. The van der Waals surface area contributed by atoms with Gasteiger partial charge in [0.05, 0.1) is 0 Å². The van der Waals surface area contributed by atoms with Crippen LogP contribution in [0.4, 0.5) is 0 Å². The molecule has 1 aliphatic rings. The van der Waals surface area contributed by atoms with E-state index in [-0.39, 0.29) is 5.92 Å². The topological polar surface area (TPSA) is 36.1 Å². The zero-order valence-electron chi connectivity index (χ0n) is 15.6. The average Bonchev–Trinajstić information content (AvgIpc) is 3.03. The van der Waals surface area contributed by atoms with E-state index in [1.807, 2.05) is 23.1 Å². The molecule has 1 aromatic heterocycles. The number of nitrogens with one attached hydrogen (secondary N) is 1. The van der Waals surface area contributed by atoms with Gasteiger partial charge in [-0.05, 0) is 56.4 Å². The summed E-state index contributed by atoms with van der Waals surface area (Å²) >= 11 is 0. The molecule has 0 aliphatic heterocycles. The van der Waals surface area contributed by atoms with Gasteiger partial charge >= 0.3 is 0 Å². The average molecular weight is 346 g/mol. The number of H-pyrrole nitrogens is 1. The molecule has 2 aromatic carbocycles. The third-order valence-corrected chi connectivity index (χ3v) is 5.60. The van der Waals surface area contributed by atoms with E-state index in [0.29, 0.717) is 12.5 Å². The Morgan fingerprint density at radius 1 is 1.19 bits per heavy atom. The lowest BCUT2D eigenvalue weighted by molar-refractivity contribution is -0.136. The van der Waals surface area contributed by atoms with Crippen LogP contribution in [0.15, 0.2) is 48.5 Å². The van der Waals surface area contributed by atoms with Crippen LogP contribution in [-0.4, -0.2) is 22.3 Å². The van der Waals surface area contributed by atoms with Crippen LogP contribution in [0.1, 0.15) is 35.7 Å². The minimum Gasteiger partial charge on any atom is -0.358 e. The number of aromatic nitrogens is 1. The number of rotatable bonds is 4. The van der Waals surface area contributed by atoms with E-state index in [2.05, 4.69) is 49.2 Å². The highest BCUT2D eigenvalue weighted by Crippen LogP contribution is 2.33. The molecule has 4 rings (SSSR count). The Hall–Kier alpha value is -2.55. The van der Waals surface area contributed by atoms with Crippen molar-refractivity contribution < 1.29 is 4.79 Å². The molecule has 0 fully saturated rings. The van der Waals surface area contributed by atoms with Crippen LogP contribution in [0.5, 0.6) is 0 Å². The zero-order chi connectivity index (χ0) is 18.1. The highest BCUT2D eigenvalue weighted by molar-refractivity contribution is 5.87. The Balaban J connectivity index is 1.56. The van der Waals surface area contributed by atoms with Gasteiger partial charge in [0.1, 0.15) is 0 Å². The largest absolute Gasteiger partial charge is 0.358 e. The second-order valence-corrected chi connectivity index (χ2v) is 7.41. The van der Waals surface area contributed by atoms with Crippen molar-refractivity contribution in [2.24, 2.45) is 5.92 Å². The lowest BCUT2D eigenvalue weighted by atomic mass is 9.85. The van der Waals surface area contributed by atoms with E-state index in [9.17, 15) is 4.79 Å². The number of nitrogens with zero attached hydrogens (tertiary/aromatic N) is 1. The Bertz CT molecular complexity index is 926. The summed E-state index contributed by atoms with van der Waals surface area (Å²) in [5, 5.41) is 1.30. The molecule has 3 heteroatoms. The van der Waals surface area contributed by atoms with Gasteiger partial charge in [-0.3, -0.25) is 4.79 Å². The van der Waals surface area contributed by atoms with E-state index in [1.54, 1.807) is 0 Å². The van der Waals surface area contributed by atoms with E-state index < -0.39 is 0 Å². The van der Waals surface area contributed by atoms with Crippen LogP contribution < -0.4 is 0 Å². The molecule has 1 N–H and O–H groups in total. The summed E-state index contributed by atoms with van der Waals surface area (Å²) in [7, 11) is 0. The standard InChI is InChI=1S/C23H26N2O/c1-3-25(15-17-7-5-4-6-8-17)23(26)18-10-12-22-20(14-18)19-13-16(2)9-11-21(19)24-22/h4-9,11,13,18,24H,3,10,12,14-15H2,1-2H3. The predicted molar refractivity (Wildman–Crippen MR) is 106 cm³/mol. The summed E-state index contributed by atoms with van der Waals surface area (Å²) in [5.74, 6) is 0.384. The summed E-state index contributed by atoms with van der Waals surface area (Å²) in [5.41, 5.74) is 6.34. The molecule has 1 atom stereocenters. The van der Waals surface area contributed by atoms with Crippen molar-refractivity contribution in [1.82, 2.24) is 9.88 Å². The Labute approximate surface area is 155 Å². The third kappa shape index (κ3) is 3.14. The number of amides is 1. The first kappa shape index (κ1) is 16.9.